The van der Waals surface area contributed by atoms with Gasteiger partial charge in [-0.2, -0.15) is 4.98 Å². The van der Waals surface area contributed by atoms with Gasteiger partial charge in [-0.3, -0.25) is 9.97 Å². The van der Waals surface area contributed by atoms with E-state index in [2.05, 4.69) is 80.3 Å². The lowest BCUT2D eigenvalue weighted by molar-refractivity contribution is 0.00491. The summed E-state index contributed by atoms with van der Waals surface area (Å²) < 4.78 is 5.86. The Morgan fingerprint density at radius 2 is 1.75 bits per heavy atom. The molecule has 1 aliphatic heterocycles. The van der Waals surface area contributed by atoms with Gasteiger partial charge in [0.05, 0.1) is 41.4 Å². The van der Waals surface area contributed by atoms with Gasteiger partial charge in [-0.05, 0) is 76.7 Å². The van der Waals surface area contributed by atoms with Crippen LogP contribution in [0.3, 0.4) is 0 Å². The van der Waals surface area contributed by atoms with E-state index in [-0.39, 0.29) is 0 Å². The molecule has 2 aromatic carbocycles. The lowest BCUT2D eigenvalue weighted by Crippen LogP contribution is -2.53. The molecule has 3 N–H and O–H groups in total. The highest BCUT2D eigenvalue weighted by atomic mass is 35.5. The molecular formula is C32H41ClN9OP. The van der Waals surface area contributed by atoms with E-state index in [1.54, 1.807) is 25.7 Å². The number of hydrogen-bond acceptors (Lipinski definition) is 10. The largest absolute Gasteiger partial charge is 0.494 e. The Bertz CT molecular complexity index is 1650. The summed E-state index contributed by atoms with van der Waals surface area (Å²) in [5, 5.41) is 11.7. The van der Waals surface area contributed by atoms with Crippen LogP contribution in [0.5, 0.6) is 5.75 Å². The van der Waals surface area contributed by atoms with Crippen LogP contribution in [0.25, 0.3) is 11.0 Å². The fourth-order valence-corrected chi connectivity index (χ4v) is 7.92. The number of hydrogen-bond donors (Lipinski definition) is 3. The highest BCUT2D eigenvalue weighted by Crippen LogP contribution is 2.51. The van der Waals surface area contributed by atoms with Gasteiger partial charge in [0.1, 0.15) is 10.8 Å². The summed E-state index contributed by atoms with van der Waals surface area (Å²) >= 11 is 6.59. The van der Waals surface area contributed by atoms with Gasteiger partial charge in [0.2, 0.25) is 5.95 Å². The Kier molecular flexibility index (Phi) is 8.68. The Labute approximate surface area is 265 Å². The molecule has 1 aliphatic carbocycles. The molecule has 0 radical (unpaired) electrons. The average molecular weight is 634 g/mol. The molecule has 1 spiro atoms. The summed E-state index contributed by atoms with van der Waals surface area (Å²) in [5.41, 5.74) is 6.10. The Morgan fingerprint density at radius 1 is 1.00 bits per heavy atom. The van der Waals surface area contributed by atoms with Gasteiger partial charge >= 0.3 is 0 Å². The average Bonchev–Trinajstić information content (AvgIpc) is 3.01. The first-order valence-corrected chi connectivity index (χ1v) is 17.6. The second-order valence-corrected chi connectivity index (χ2v) is 14.9. The fourth-order valence-electron chi connectivity index (χ4n) is 6.57. The molecule has 6 rings (SSSR count). The summed E-state index contributed by atoms with van der Waals surface area (Å²) in [6, 6.07) is 8.87. The van der Waals surface area contributed by atoms with Crippen molar-refractivity contribution in [2.75, 3.05) is 75.5 Å². The van der Waals surface area contributed by atoms with E-state index in [4.69, 9.17) is 21.3 Å². The maximum absolute atomic E-state index is 6.59. The van der Waals surface area contributed by atoms with Gasteiger partial charge in [0.15, 0.2) is 5.82 Å². The van der Waals surface area contributed by atoms with Crippen molar-refractivity contribution >= 4 is 70.4 Å². The van der Waals surface area contributed by atoms with Crippen LogP contribution in [0.2, 0.25) is 5.02 Å². The van der Waals surface area contributed by atoms with Crippen molar-refractivity contribution in [3.05, 3.63) is 47.9 Å². The van der Waals surface area contributed by atoms with Crippen molar-refractivity contribution in [2.45, 2.75) is 31.7 Å². The SMILES string of the molecule is CNc1cc(Nc2ncc(Cl)c(Nc3ccc4nccnc4c3P(C)C)n2)c(OC)cc1N1CCC2(CC1)CC(N(C)C)C2. The van der Waals surface area contributed by atoms with E-state index in [1.165, 1.54) is 25.7 Å². The number of methoxy groups -OCH3 is 1. The maximum Gasteiger partial charge on any atom is 0.229 e. The van der Waals surface area contributed by atoms with Gasteiger partial charge in [-0.1, -0.05) is 19.5 Å². The zero-order chi connectivity index (χ0) is 31.0. The predicted molar refractivity (Wildman–Crippen MR) is 185 cm³/mol. The van der Waals surface area contributed by atoms with Gasteiger partial charge in [0.25, 0.3) is 0 Å². The molecule has 1 saturated carbocycles. The zero-order valence-corrected chi connectivity index (χ0v) is 27.9. The van der Waals surface area contributed by atoms with E-state index in [1.807, 2.05) is 19.2 Å². The maximum atomic E-state index is 6.59. The molecule has 232 valence electrons. The van der Waals surface area contributed by atoms with E-state index in [0.717, 1.165) is 64.0 Å². The van der Waals surface area contributed by atoms with Crippen molar-refractivity contribution in [1.29, 1.82) is 0 Å². The lowest BCUT2D eigenvalue weighted by atomic mass is 9.60. The van der Waals surface area contributed by atoms with Crippen molar-refractivity contribution in [3.8, 4) is 5.75 Å². The van der Waals surface area contributed by atoms with Crippen LogP contribution in [0.4, 0.5) is 34.5 Å². The predicted octanol–water partition coefficient (Wildman–Crippen LogP) is 6.29. The molecule has 4 aromatic rings. The molecule has 10 nitrogen and oxygen atoms in total. The Hall–Kier alpha value is -3.46. The topological polar surface area (TPSA) is 103 Å². The van der Waals surface area contributed by atoms with E-state index in [0.29, 0.717) is 22.2 Å². The zero-order valence-electron chi connectivity index (χ0n) is 26.3. The number of piperidine rings is 1. The number of benzene rings is 2. The summed E-state index contributed by atoms with van der Waals surface area (Å²) in [6.45, 7) is 6.48. The van der Waals surface area contributed by atoms with E-state index in [9.17, 15) is 0 Å². The summed E-state index contributed by atoms with van der Waals surface area (Å²) in [6.07, 6.45) is 10.1. The van der Waals surface area contributed by atoms with E-state index >= 15 is 0 Å². The molecule has 2 aromatic heterocycles. The van der Waals surface area contributed by atoms with Gasteiger partial charge in [0, 0.05) is 55.6 Å². The van der Waals surface area contributed by atoms with Gasteiger partial charge in [-0.25, -0.2) is 4.98 Å². The van der Waals surface area contributed by atoms with E-state index < -0.39 is 7.92 Å². The van der Waals surface area contributed by atoms with Crippen LogP contribution in [0.15, 0.2) is 42.9 Å². The minimum absolute atomic E-state index is 0.405. The number of anilines is 6. The second-order valence-electron chi connectivity index (χ2n) is 12.3. The molecule has 0 unspecified atom stereocenters. The standard InChI is InChI=1S/C32H41ClN9OP/c1-34-24-15-25(27(43-4)16-26(24)42-13-9-32(10-14-42)17-20(18-32)41(2)3)39-31-37-19-21(33)30(40-31)38-23-8-7-22-28(29(23)44(5)6)36-12-11-35-22/h7-8,11-12,15-16,19-20,34H,9-10,13-14,17-18H2,1-6H3,(H2,37,38,39,40). The van der Waals surface area contributed by atoms with Crippen LogP contribution < -0.4 is 30.9 Å². The normalized spacial score (nSPS) is 16.4. The first-order chi connectivity index (χ1) is 21.2. The third-order valence-electron chi connectivity index (χ3n) is 9.12. The summed E-state index contributed by atoms with van der Waals surface area (Å²) in [7, 11) is 7.55. The highest BCUT2D eigenvalue weighted by Gasteiger charge is 2.46. The Balaban J connectivity index is 1.23. The summed E-state index contributed by atoms with van der Waals surface area (Å²) in [4.78, 5) is 23.2. The smallest absolute Gasteiger partial charge is 0.229 e. The number of aromatic nitrogens is 4. The van der Waals surface area contributed by atoms with Crippen LogP contribution in [0.1, 0.15) is 25.7 Å². The second kappa shape index (κ2) is 12.5. The number of ether oxygens (including phenoxy) is 1. The monoisotopic (exact) mass is 633 g/mol. The third-order valence-corrected chi connectivity index (χ3v) is 10.7. The number of fused-ring (bicyclic) bond motifs is 1. The first-order valence-electron chi connectivity index (χ1n) is 15.0. The summed E-state index contributed by atoms with van der Waals surface area (Å²) in [5.74, 6) is 1.63. The van der Waals surface area contributed by atoms with Crippen LogP contribution in [0, 0.1) is 5.41 Å². The molecule has 2 fully saturated rings. The number of nitrogens with zero attached hydrogens (tertiary/aromatic N) is 6. The molecule has 0 atom stereocenters. The van der Waals surface area contributed by atoms with Gasteiger partial charge < -0.3 is 30.5 Å². The minimum atomic E-state index is -0.495. The third kappa shape index (κ3) is 5.95. The lowest BCUT2D eigenvalue weighted by Gasteiger charge is -2.54. The van der Waals surface area contributed by atoms with Crippen molar-refractivity contribution in [3.63, 3.8) is 0 Å². The van der Waals surface area contributed by atoms with Crippen molar-refractivity contribution < 1.29 is 4.74 Å². The molecule has 2 aliphatic rings. The van der Waals surface area contributed by atoms with Crippen molar-refractivity contribution in [1.82, 2.24) is 24.8 Å². The van der Waals surface area contributed by atoms with Crippen LogP contribution in [-0.4, -0.2) is 85.5 Å². The Morgan fingerprint density at radius 3 is 2.43 bits per heavy atom. The molecule has 0 amide bonds. The number of nitrogens with one attached hydrogen (secondary N) is 3. The molecule has 0 bridgehead atoms. The highest BCUT2D eigenvalue weighted by molar-refractivity contribution is 7.65. The van der Waals surface area contributed by atoms with Crippen molar-refractivity contribution in [2.24, 2.45) is 5.41 Å². The molecule has 1 saturated heterocycles. The quantitative estimate of drug-likeness (QED) is 0.182. The van der Waals surface area contributed by atoms with Crippen LogP contribution >= 0.6 is 19.5 Å². The van der Waals surface area contributed by atoms with Gasteiger partial charge in [-0.15, -0.1) is 0 Å². The fraction of sp³-hybridized carbons (Fsp3) is 0.438. The minimum Gasteiger partial charge on any atom is -0.494 e. The number of rotatable bonds is 9. The molecule has 12 heteroatoms. The van der Waals surface area contributed by atoms with Crippen LogP contribution in [-0.2, 0) is 0 Å². The first kappa shape index (κ1) is 30.6. The number of halogens is 1. The molecule has 44 heavy (non-hydrogen) atoms. The molecular weight excluding hydrogens is 593 g/mol. The molecule has 3 heterocycles.